The van der Waals surface area contributed by atoms with E-state index in [0.29, 0.717) is 29.5 Å². The Hall–Kier alpha value is -3.52. The highest BCUT2D eigenvalue weighted by atomic mass is 32.2. The van der Waals surface area contributed by atoms with Crippen molar-refractivity contribution in [3.05, 3.63) is 78.9 Å². The van der Waals surface area contributed by atoms with E-state index >= 15 is 0 Å². The number of ether oxygens (including phenoxy) is 2. The van der Waals surface area contributed by atoms with Gasteiger partial charge in [0.25, 0.3) is 10.0 Å². The van der Waals surface area contributed by atoms with Crippen LogP contribution >= 0.6 is 0 Å². The maximum atomic E-state index is 13.5. The summed E-state index contributed by atoms with van der Waals surface area (Å²) in [7, 11) is -4.03. The quantitative estimate of drug-likeness (QED) is 0.466. The monoisotopic (exact) mass is 468 g/mol. The van der Waals surface area contributed by atoms with E-state index < -0.39 is 22.5 Å². The van der Waals surface area contributed by atoms with Crippen LogP contribution in [0.4, 0.5) is 11.4 Å². The standard InChI is InChI=1S/C25H28N2O5S/c1-4-31-24-13-9-8-12-23(24)27(33(29,30)22-10-6-5-7-11-22)18-25(28)26-20-14-16-21(17-15-20)32-19(2)3/h5-17,19H,4,18H2,1-3H3,(H,26,28). The van der Waals surface area contributed by atoms with Crippen LogP contribution in [-0.2, 0) is 14.8 Å². The Balaban J connectivity index is 1.90. The first-order valence-corrected chi connectivity index (χ1v) is 12.1. The molecule has 0 bridgehead atoms. The lowest BCUT2D eigenvalue weighted by molar-refractivity contribution is -0.114. The first-order chi connectivity index (χ1) is 15.8. The normalized spacial score (nSPS) is 11.2. The van der Waals surface area contributed by atoms with Crippen molar-refractivity contribution in [3.63, 3.8) is 0 Å². The smallest absolute Gasteiger partial charge is 0.264 e. The third-order valence-electron chi connectivity index (χ3n) is 4.56. The van der Waals surface area contributed by atoms with E-state index in [1.54, 1.807) is 66.7 Å². The van der Waals surface area contributed by atoms with Crippen molar-refractivity contribution in [2.75, 3.05) is 22.8 Å². The molecular weight excluding hydrogens is 440 g/mol. The Morgan fingerprint density at radius 1 is 0.939 bits per heavy atom. The van der Waals surface area contributed by atoms with Gasteiger partial charge in [-0.3, -0.25) is 9.10 Å². The van der Waals surface area contributed by atoms with Crippen LogP contribution in [0.25, 0.3) is 0 Å². The molecule has 0 spiro atoms. The lowest BCUT2D eigenvalue weighted by atomic mass is 10.2. The van der Waals surface area contributed by atoms with Gasteiger partial charge in [-0.2, -0.15) is 0 Å². The Morgan fingerprint density at radius 2 is 1.58 bits per heavy atom. The molecule has 174 valence electrons. The Bertz CT molecular complexity index is 1160. The van der Waals surface area contributed by atoms with Crippen molar-refractivity contribution in [2.45, 2.75) is 31.8 Å². The minimum absolute atomic E-state index is 0.0348. The van der Waals surface area contributed by atoms with Crippen LogP contribution in [0.3, 0.4) is 0 Å². The number of nitrogens with zero attached hydrogens (tertiary/aromatic N) is 1. The Morgan fingerprint density at radius 3 is 2.21 bits per heavy atom. The number of amides is 1. The van der Waals surface area contributed by atoms with E-state index in [1.165, 1.54) is 12.1 Å². The number of nitrogens with one attached hydrogen (secondary N) is 1. The second kappa shape index (κ2) is 10.9. The predicted octanol–water partition coefficient (Wildman–Crippen LogP) is 4.71. The lowest BCUT2D eigenvalue weighted by Crippen LogP contribution is -2.38. The first-order valence-electron chi connectivity index (χ1n) is 10.7. The van der Waals surface area contributed by atoms with E-state index in [0.717, 1.165) is 4.31 Å². The molecule has 0 unspecified atom stereocenters. The maximum Gasteiger partial charge on any atom is 0.264 e. The third kappa shape index (κ3) is 6.26. The number of rotatable bonds is 10. The molecular formula is C25H28N2O5S. The zero-order chi connectivity index (χ0) is 23.8. The summed E-state index contributed by atoms with van der Waals surface area (Å²) in [4.78, 5) is 13.0. The number of carbonyl (C=O) groups excluding carboxylic acids is 1. The van der Waals surface area contributed by atoms with Gasteiger partial charge in [0.1, 0.15) is 18.0 Å². The molecule has 1 N–H and O–H groups in total. The molecule has 0 aliphatic rings. The fraction of sp³-hybridized carbons (Fsp3) is 0.240. The predicted molar refractivity (Wildman–Crippen MR) is 129 cm³/mol. The lowest BCUT2D eigenvalue weighted by Gasteiger charge is -2.26. The number of benzene rings is 3. The highest BCUT2D eigenvalue weighted by Crippen LogP contribution is 2.32. The summed E-state index contributed by atoms with van der Waals surface area (Å²) in [5, 5.41) is 2.76. The summed E-state index contributed by atoms with van der Waals surface area (Å²) in [6.07, 6.45) is 0.0348. The van der Waals surface area contributed by atoms with Gasteiger partial charge in [-0.05, 0) is 69.3 Å². The summed E-state index contributed by atoms with van der Waals surface area (Å²) in [5.41, 5.74) is 0.824. The zero-order valence-corrected chi connectivity index (χ0v) is 19.7. The van der Waals surface area contributed by atoms with Crippen LogP contribution in [-0.4, -0.2) is 33.6 Å². The fourth-order valence-electron chi connectivity index (χ4n) is 3.18. The molecule has 0 saturated carbocycles. The van der Waals surface area contributed by atoms with Gasteiger partial charge in [-0.15, -0.1) is 0 Å². The number of sulfonamides is 1. The molecule has 0 radical (unpaired) electrons. The molecule has 3 aromatic carbocycles. The molecule has 0 fully saturated rings. The van der Waals surface area contributed by atoms with E-state index in [4.69, 9.17) is 9.47 Å². The molecule has 0 aromatic heterocycles. The molecule has 0 aliphatic carbocycles. The molecule has 0 saturated heterocycles. The first kappa shape index (κ1) is 24.1. The minimum atomic E-state index is -4.03. The number of carbonyl (C=O) groups is 1. The largest absolute Gasteiger partial charge is 0.492 e. The number of para-hydroxylation sites is 2. The third-order valence-corrected chi connectivity index (χ3v) is 6.34. The molecule has 7 nitrogen and oxygen atoms in total. The average Bonchev–Trinajstić information content (AvgIpc) is 2.80. The van der Waals surface area contributed by atoms with Crippen LogP contribution in [0.5, 0.6) is 11.5 Å². The Kier molecular flexibility index (Phi) is 7.95. The summed E-state index contributed by atoms with van der Waals surface area (Å²) in [6, 6.07) is 21.7. The van der Waals surface area contributed by atoms with Gasteiger partial charge in [-0.25, -0.2) is 8.42 Å². The van der Waals surface area contributed by atoms with Gasteiger partial charge in [-0.1, -0.05) is 30.3 Å². The number of anilines is 2. The van der Waals surface area contributed by atoms with Crippen LogP contribution in [0, 0.1) is 0 Å². The van der Waals surface area contributed by atoms with E-state index in [-0.39, 0.29) is 11.0 Å². The zero-order valence-electron chi connectivity index (χ0n) is 18.9. The summed E-state index contributed by atoms with van der Waals surface area (Å²) in [5.74, 6) is 0.572. The van der Waals surface area contributed by atoms with Crippen molar-refractivity contribution < 1.29 is 22.7 Å². The molecule has 0 heterocycles. The fourth-order valence-corrected chi connectivity index (χ4v) is 4.63. The summed E-state index contributed by atoms with van der Waals surface area (Å²) >= 11 is 0. The summed E-state index contributed by atoms with van der Waals surface area (Å²) in [6.45, 7) is 5.60. The van der Waals surface area contributed by atoms with Crippen molar-refractivity contribution in [3.8, 4) is 11.5 Å². The number of hydrogen-bond acceptors (Lipinski definition) is 5. The van der Waals surface area contributed by atoms with Gasteiger partial charge < -0.3 is 14.8 Å². The van der Waals surface area contributed by atoms with Gasteiger partial charge in [0, 0.05) is 5.69 Å². The van der Waals surface area contributed by atoms with Crippen molar-refractivity contribution in [2.24, 2.45) is 0 Å². The Labute approximate surface area is 195 Å². The van der Waals surface area contributed by atoms with Crippen LogP contribution in [0.2, 0.25) is 0 Å². The van der Waals surface area contributed by atoms with Gasteiger partial charge in [0.05, 0.1) is 23.3 Å². The molecule has 3 rings (SSSR count). The summed E-state index contributed by atoms with van der Waals surface area (Å²) < 4.78 is 39.3. The van der Waals surface area contributed by atoms with Crippen LogP contribution in [0.15, 0.2) is 83.8 Å². The molecule has 1 amide bonds. The second-order valence-corrected chi connectivity index (χ2v) is 9.33. The van der Waals surface area contributed by atoms with Crippen LogP contribution < -0.4 is 19.1 Å². The van der Waals surface area contributed by atoms with E-state index in [2.05, 4.69) is 5.32 Å². The van der Waals surface area contributed by atoms with Crippen LogP contribution in [0.1, 0.15) is 20.8 Å². The van der Waals surface area contributed by atoms with Gasteiger partial charge >= 0.3 is 0 Å². The highest BCUT2D eigenvalue weighted by Gasteiger charge is 2.29. The molecule has 33 heavy (non-hydrogen) atoms. The van der Waals surface area contributed by atoms with Gasteiger partial charge in [0.15, 0.2) is 0 Å². The maximum absolute atomic E-state index is 13.5. The van der Waals surface area contributed by atoms with E-state index in [9.17, 15) is 13.2 Å². The molecule has 3 aromatic rings. The molecule has 0 atom stereocenters. The molecule has 0 aliphatic heterocycles. The van der Waals surface area contributed by atoms with Crippen molar-refractivity contribution >= 4 is 27.3 Å². The highest BCUT2D eigenvalue weighted by molar-refractivity contribution is 7.92. The average molecular weight is 469 g/mol. The minimum Gasteiger partial charge on any atom is -0.492 e. The SMILES string of the molecule is CCOc1ccccc1N(CC(=O)Nc1ccc(OC(C)C)cc1)S(=O)(=O)c1ccccc1. The van der Waals surface area contributed by atoms with Crippen molar-refractivity contribution in [1.29, 1.82) is 0 Å². The van der Waals surface area contributed by atoms with Gasteiger partial charge in [0.2, 0.25) is 5.91 Å². The second-order valence-electron chi connectivity index (χ2n) is 7.46. The van der Waals surface area contributed by atoms with Crippen molar-refractivity contribution in [1.82, 2.24) is 0 Å². The number of hydrogen-bond donors (Lipinski definition) is 1. The molecule has 8 heteroatoms. The van der Waals surface area contributed by atoms with E-state index in [1.807, 2.05) is 20.8 Å². The topological polar surface area (TPSA) is 84.9 Å².